The van der Waals surface area contributed by atoms with Crippen LogP contribution in [0.15, 0.2) is 29.2 Å². The van der Waals surface area contributed by atoms with Gasteiger partial charge in [0.1, 0.15) is 0 Å². The molecule has 0 spiro atoms. The lowest BCUT2D eigenvalue weighted by Crippen LogP contribution is -2.52. The fourth-order valence-corrected chi connectivity index (χ4v) is 5.49. The maximum absolute atomic E-state index is 12.7. The van der Waals surface area contributed by atoms with Crippen LogP contribution in [-0.4, -0.2) is 50.9 Å². The first-order valence-electron chi connectivity index (χ1n) is 11.0. The van der Waals surface area contributed by atoms with Gasteiger partial charge in [-0.15, -0.1) is 0 Å². The molecule has 2 aliphatic rings. The van der Waals surface area contributed by atoms with E-state index in [1.165, 1.54) is 19.3 Å². The summed E-state index contributed by atoms with van der Waals surface area (Å²) in [5, 5.41) is 3.22. The van der Waals surface area contributed by atoms with Crippen LogP contribution in [0.4, 0.5) is 0 Å². The van der Waals surface area contributed by atoms with E-state index < -0.39 is 10.0 Å². The Balaban J connectivity index is 1.50. The lowest BCUT2D eigenvalue weighted by Gasteiger charge is -2.37. The topological polar surface area (TPSA) is 78.5 Å². The fourth-order valence-electron chi connectivity index (χ4n) is 4.38. The summed E-state index contributed by atoms with van der Waals surface area (Å²) < 4.78 is 27.8. The number of rotatable bonds is 7. The van der Waals surface area contributed by atoms with E-state index in [9.17, 15) is 13.2 Å². The van der Waals surface area contributed by atoms with Gasteiger partial charge in [-0.05, 0) is 64.1 Å². The highest BCUT2D eigenvalue weighted by molar-refractivity contribution is 7.89. The number of aryl methyl sites for hydroxylation is 1. The second kappa shape index (κ2) is 10.0. The van der Waals surface area contributed by atoms with Gasteiger partial charge in [-0.1, -0.05) is 37.0 Å². The van der Waals surface area contributed by atoms with E-state index in [0.29, 0.717) is 17.5 Å². The molecule has 0 aromatic heterocycles. The Bertz CT molecular complexity index is 773. The number of amides is 1. The van der Waals surface area contributed by atoms with Crippen molar-refractivity contribution in [2.24, 2.45) is 5.92 Å². The number of carbonyl (C=O) groups excluding carboxylic acids is 1. The van der Waals surface area contributed by atoms with Gasteiger partial charge in [0.2, 0.25) is 15.9 Å². The first-order valence-corrected chi connectivity index (χ1v) is 12.4. The number of nitrogens with zero attached hydrogens (tertiary/aromatic N) is 1. The van der Waals surface area contributed by atoms with E-state index in [1.54, 1.807) is 12.1 Å². The van der Waals surface area contributed by atoms with Crippen LogP contribution in [0.2, 0.25) is 0 Å². The zero-order valence-electron chi connectivity index (χ0n) is 17.7. The third-order valence-corrected chi connectivity index (χ3v) is 7.76. The molecule has 2 atom stereocenters. The summed E-state index contributed by atoms with van der Waals surface area (Å²) in [4.78, 5) is 15.2. The maximum Gasteiger partial charge on any atom is 0.240 e. The van der Waals surface area contributed by atoms with Crippen molar-refractivity contribution < 1.29 is 13.2 Å². The lowest BCUT2D eigenvalue weighted by molar-refractivity contribution is -0.127. The van der Waals surface area contributed by atoms with E-state index in [2.05, 4.69) is 14.9 Å². The van der Waals surface area contributed by atoms with Crippen LogP contribution in [0.5, 0.6) is 0 Å². The van der Waals surface area contributed by atoms with Crippen LogP contribution < -0.4 is 10.0 Å². The molecular formula is C22H35N3O3S. The Morgan fingerprint density at radius 2 is 1.79 bits per heavy atom. The van der Waals surface area contributed by atoms with Crippen molar-refractivity contribution in [2.75, 3.05) is 19.6 Å². The highest BCUT2D eigenvalue weighted by Gasteiger charge is 2.29. The van der Waals surface area contributed by atoms with Crippen molar-refractivity contribution >= 4 is 15.9 Å². The molecule has 7 heteroatoms. The van der Waals surface area contributed by atoms with Crippen LogP contribution in [0.3, 0.4) is 0 Å². The van der Waals surface area contributed by atoms with Crippen LogP contribution >= 0.6 is 0 Å². The van der Waals surface area contributed by atoms with Gasteiger partial charge >= 0.3 is 0 Å². The molecule has 2 fully saturated rings. The summed E-state index contributed by atoms with van der Waals surface area (Å²) in [6.45, 7) is 5.95. The molecule has 1 aliphatic heterocycles. The largest absolute Gasteiger partial charge is 0.352 e. The molecule has 2 unspecified atom stereocenters. The quantitative estimate of drug-likeness (QED) is 0.710. The Morgan fingerprint density at radius 3 is 2.48 bits per heavy atom. The Kier molecular flexibility index (Phi) is 7.71. The first-order chi connectivity index (χ1) is 13.8. The molecule has 6 nitrogen and oxygen atoms in total. The van der Waals surface area contributed by atoms with E-state index in [1.807, 2.05) is 26.0 Å². The number of sulfonamides is 1. The van der Waals surface area contributed by atoms with E-state index >= 15 is 0 Å². The van der Waals surface area contributed by atoms with Gasteiger partial charge < -0.3 is 5.32 Å². The smallest absolute Gasteiger partial charge is 0.240 e. The van der Waals surface area contributed by atoms with Crippen LogP contribution in [0.1, 0.15) is 57.4 Å². The fraction of sp³-hybridized carbons (Fsp3) is 0.682. The minimum absolute atomic E-state index is 0.109. The second-order valence-corrected chi connectivity index (χ2v) is 10.5. The number of hydrogen-bond acceptors (Lipinski definition) is 4. The molecule has 0 radical (unpaired) electrons. The Labute approximate surface area is 175 Å². The molecule has 0 bridgehead atoms. The summed E-state index contributed by atoms with van der Waals surface area (Å²) in [6.07, 6.45) is 7.80. The molecule has 3 rings (SSSR count). The summed E-state index contributed by atoms with van der Waals surface area (Å²) in [7, 11) is -3.50. The van der Waals surface area contributed by atoms with E-state index in [4.69, 9.17) is 0 Å². The molecule has 1 amide bonds. The summed E-state index contributed by atoms with van der Waals surface area (Å²) in [6, 6.07) is 7.05. The van der Waals surface area contributed by atoms with E-state index in [-0.39, 0.29) is 17.9 Å². The average molecular weight is 422 g/mol. The Morgan fingerprint density at radius 1 is 1.10 bits per heavy atom. The molecule has 1 saturated carbocycles. The van der Waals surface area contributed by atoms with Gasteiger partial charge in [0, 0.05) is 19.1 Å². The molecular weight excluding hydrogens is 386 g/mol. The predicted octanol–water partition coefficient (Wildman–Crippen LogP) is 2.82. The van der Waals surface area contributed by atoms with Gasteiger partial charge in [-0.2, -0.15) is 0 Å². The lowest BCUT2D eigenvalue weighted by atomic mass is 9.94. The average Bonchev–Trinajstić information content (AvgIpc) is 2.73. The van der Waals surface area contributed by atoms with Crippen molar-refractivity contribution in [3.8, 4) is 0 Å². The zero-order chi connectivity index (χ0) is 20.9. The predicted molar refractivity (Wildman–Crippen MR) is 115 cm³/mol. The third kappa shape index (κ3) is 6.27. The highest BCUT2D eigenvalue weighted by atomic mass is 32.2. The molecule has 1 heterocycles. The molecule has 1 aromatic carbocycles. The minimum atomic E-state index is -3.50. The molecule has 1 aromatic rings. The molecule has 1 saturated heterocycles. The van der Waals surface area contributed by atoms with Gasteiger partial charge in [-0.3, -0.25) is 9.69 Å². The highest BCUT2D eigenvalue weighted by Crippen LogP contribution is 2.21. The molecule has 162 valence electrons. The maximum atomic E-state index is 12.7. The third-order valence-electron chi connectivity index (χ3n) is 6.32. The molecule has 1 aliphatic carbocycles. The monoisotopic (exact) mass is 421 g/mol. The number of carbonyl (C=O) groups is 1. The zero-order valence-corrected chi connectivity index (χ0v) is 18.5. The number of likely N-dealkylation sites (tertiary alicyclic amines) is 1. The summed E-state index contributed by atoms with van der Waals surface area (Å²) in [5.74, 6) is 0.326. The van der Waals surface area contributed by atoms with Gasteiger partial charge in [0.25, 0.3) is 0 Å². The van der Waals surface area contributed by atoms with Crippen LogP contribution in [0.25, 0.3) is 0 Å². The Hall–Kier alpha value is -1.44. The number of nitrogens with one attached hydrogen (secondary N) is 2. The summed E-state index contributed by atoms with van der Waals surface area (Å²) in [5.41, 5.74) is 1.03. The molecule has 2 N–H and O–H groups in total. The summed E-state index contributed by atoms with van der Waals surface area (Å²) >= 11 is 0. The first kappa shape index (κ1) is 22.2. The van der Waals surface area contributed by atoms with Crippen molar-refractivity contribution in [2.45, 2.75) is 75.8 Å². The number of hydrogen-bond donors (Lipinski definition) is 2. The van der Waals surface area contributed by atoms with E-state index in [0.717, 1.165) is 44.3 Å². The molecule has 29 heavy (non-hydrogen) atoms. The number of benzene rings is 1. The van der Waals surface area contributed by atoms with Gasteiger partial charge in [-0.25, -0.2) is 13.1 Å². The SMILES string of the molecule is Cc1ccc(S(=O)(=O)NCC2CCCN(C(C)C(=O)NC3CCCCC3)C2)cc1. The normalized spacial score (nSPS) is 22.9. The minimum Gasteiger partial charge on any atom is -0.352 e. The van der Waals surface area contributed by atoms with Gasteiger partial charge in [0.15, 0.2) is 0 Å². The second-order valence-electron chi connectivity index (χ2n) is 8.69. The van der Waals surface area contributed by atoms with Crippen molar-refractivity contribution in [3.05, 3.63) is 29.8 Å². The van der Waals surface area contributed by atoms with Crippen molar-refractivity contribution in [1.82, 2.24) is 14.9 Å². The van der Waals surface area contributed by atoms with Gasteiger partial charge in [0.05, 0.1) is 10.9 Å². The van der Waals surface area contributed by atoms with Crippen LogP contribution in [-0.2, 0) is 14.8 Å². The number of piperidine rings is 1. The van der Waals surface area contributed by atoms with Crippen molar-refractivity contribution in [3.63, 3.8) is 0 Å². The standard InChI is InChI=1S/C22H35N3O3S/c1-17-10-12-21(13-11-17)29(27,28)23-15-19-7-6-14-25(16-19)18(2)22(26)24-20-8-4-3-5-9-20/h10-13,18-20,23H,3-9,14-16H2,1-2H3,(H,24,26). The van der Waals surface area contributed by atoms with Crippen molar-refractivity contribution in [1.29, 1.82) is 0 Å². The van der Waals surface area contributed by atoms with Crippen LogP contribution in [0, 0.1) is 12.8 Å².